The van der Waals surface area contributed by atoms with Gasteiger partial charge in [-0.1, -0.05) is 11.6 Å². The summed E-state index contributed by atoms with van der Waals surface area (Å²) in [6, 6.07) is 1.38. The van der Waals surface area contributed by atoms with Crippen molar-refractivity contribution in [2.24, 2.45) is 5.92 Å². The molecule has 4 rings (SSSR count). The first-order chi connectivity index (χ1) is 16.8. The van der Waals surface area contributed by atoms with Gasteiger partial charge in [-0.05, 0) is 44.6 Å². The standard InChI is InChI=1S/C23H26ClF2N5O4/c24-16-8-13(25)9-17(26)18(16)31-21(32)12-3-5-14(6-4-12)30-23(34)20-19(28-11-29-20)22(33)27-10-15-2-1-7-35-15/h8-9,11-12,14-15H,1-7,10H2,(H,27,33)(H,28,29)(H,30,34)(H,31,32)/t12-,14-,15-/m1/s1. The molecular weight excluding hydrogens is 484 g/mol. The third-order valence-corrected chi connectivity index (χ3v) is 6.58. The summed E-state index contributed by atoms with van der Waals surface area (Å²) in [6.07, 6.45) is 5.02. The smallest absolute Gasteiger partial charge is 0.272 e. The number of nitrogens with zero attached hydrogens (tertiary/aromatic N) is 1. The first kappa shape index (κ1) is 25.1. The van der Waals surface area contributed by atoms with Crippen molar-refractivity contribution in [3.05, 3.63) is 46.5 Å². The lowest BCUT2D eigenvalue weighted by molar-refractivity contribution is -0.120. The van der Waals surface area contributed by atoms with Crippen LogP contribution in [0.3, 0.4) is 0 Å². The molecule has 0 spiro atoms. The molecule has 0 radical (unpaired) electrons. The molecule has 2 heterocycles. The molecule has 1 atom stereocenters. The van der Waals surface area contributed by atoms with Gasteiger partial charge in [0, 0.05) is 31.2 Å². The Kier molecular flexibility index (Phi) is 7.97. The minimum Gasteiger partial charge on any atom is -0.376 e. The van der Waals surface area contributed by atoms with Crippen molar-refractivity contribution < 1.29 is 27.9 Å². The van der Waals surface area contributed by atoms with Crippen molar-refractivity contribution >= 4 is 35.0 Å². The lowest BCUT2D eigenvalue weighted by Crippen LogP contribution is -2.40. The van der Waals surface area contributed by atoms with Gasteiger partial charge in [0.25, 0.3) is 11.8 Å². The van der Waals surface area contributed by atoms with E-state index < -0.39 is 35.3 Å². The molecule has 2 fully saturated rings. The minimum absolute atomic E-state index is 0.00626. The molecule has 12 heteroatoms. The minimum atomic E-state index is -0.945. The van der Waals surface area contributed by atoms with E-state index in [9.17, 15) is 23.2 Å². The average molecular weight is 510 g/mol. The number of halogens is 3. The fourth-order valence-electron chi connectivity index (χ4n) is 4.38. The second-order valence-electron chi connectivity index (χ2n) is 8.73. The summed E-state index contributed by atoms with van der Waals surface area (Å²) in [5.41, 5.74) is -0.180. The molecule has 0 bridgehead atoms. The van der Waals surface area contributed by atoms with Crippen LogP contribution < -0.4 is 16.0 Å². The van der Waals surface area contributed by atoms with Crippen molar-refractivity contribution in [1.82, 2.24) is 20.6 Å². The van der Waals surface area contributed by atoms with E-state index in [1.165, 1.54) is 6.33 Å². The number of benzene rings is 1. The normalized spacial score (nSPS) is 22.0. The molecule has 0 unspecified atom stereocenters. The number of hydrogen-bond acceptors (Lipinski definition) is 5. The molecule has 3 amide bonds. The Morgan fingerprint density at radius 1 is 1.11 bits per heavy atom. The Bertz CT molecular complexity index is 1070. The first-order valence-electron chi connectivity index (χ1n) is 11.5. The van der Waals surface area contributed by atoms with E-state index in [1.54, 1.807) is 0 Å². The molecule has 2 aliphatic rings. The summed E-state index contributed by atoms with van der Waals surface area (Å²) in [5, 5.41) is 7.85. The van der Waals surface area contributed by atoms with Crippen LogP contribution in [0.5, 0.6) is 0 Å². The molecule has 2 aromatic rings. The van der Waals surface area contributed by atoms with Gasteiger partial charge in [-0.15, -0.1) is 0 Å². The first-order valence-corrected chi connectivity index (χ1v) is 11.9. The van der Waals surface area contributed by atoms with Crippen LogP contribution in [-0.2, 0) is 9.53 Å². The maximum Gasteiger partial charge on any atom is 0.272 e. The number of carbonyl (C=O) groups is 3. The van der Waals surface area contributed by atoms with Crippen LogP contribution in [0.2, 0.25) is 5.02 Å². The molecule has 1 aromatic heterocycles. The van der Waals surface area contributed by atoms with Crippen molar-refractivity contribution in [3.63, 3.8) is 0 Å². The molecule has 9 nitrogen and oxygen atoms in total. The van der Waals surface area contributed by atoms with Crippen LogP contribution in [-0.4, -0.2) is 53.0 Å². The van der Waals surface area contributed by atoms with Gasteiger partial charge in [0.2, 0.25) is 5.91 Å². The quantitative estimate of drug-likeness (QED) is 0.456. The Morgan fingerprint density at radius 3 is 2.57 bits per heavy atom. The SMILES string of the molecule is O=C(NC[C@H]1CCCO1)c1nc[nH]c1C(=O)N[C@H]1CC[C@H](C(=O)Nc2c(F)cc(F)cc2Cl)CC1. The summed E-state index contributed by atoms with van der Waals surface area (Å²) < 4.78 is 32.7. The number of imidazole rings is 1. The number of nitrogens with one attached hydrogen (secondary N) is 4. The molecular formula is C23H26ClF2N5O4. The monoisotopic (exact) mass is 509 g/mol. The zero-order valence-electron chi connectivity index (χ0n) is 18.8. The summed E-state index contributed by atoms with van der Waals surface area (Å²) >= 11 is 5.85. The van der Waals surface area contributed by atoms with Gasteiger partial charge < -0.3 is 25.7 Å². The highest BCUT2D eigenvalue weighted by atomic mass is 35.5. The average Bonchev–Trinajstić information content (AvgIpc) is 3.52. The van der Waals surface area contributed by atoms with Crippen molar-refractivity contribution in [1.29, 1.82) is 0 Å². The van der Waals surface area contributed by atoms with Crippen molar-refractivity contribution in [3.8, 4) is 0 Å². The van der Waals surface area contributed by atoms with E-state index >= 15 is 0 Å². The van der Waals surface area contributed by atoms with E-state index in [2.05, 4.69) is 25.9 Å². The van der Waals surface area contributed by atoms with E-state index in [0.29, 0.717) is 44.9 Å². The summed E-state index contributed by atoms with van der Waals surface area (Å²) in [6.45, 7) is 1.03. The summed E-state index contributed by atoms with van der Waals surface area (Å²) in [7, 11) is 0. The van der Waals surface area contributed by atoms with Crippen molar-refractivity contribution in [2.75, 3.05) is 18.5 Å². The van der Waals surface area contributed by atoms with Crippen LogP contribution in [0.1, 0.15) is 59.5 Å². The Morgan fingerprint density at radius 2 is 1.89 bits per heavy atom. The van der Waals surface area contributed by atoms with Gasteiger partial charge in [0.15, 0.2) is 11.5 Å². The van der Waals surface area contributed by atoms with E-state index in [4.69, 9.17) is 16.3 Å². The molecule has 1 saturated heterocycles. The maximum atomic E-state index is 14.0. The van der Waals surface area contributed by atoms with Gasteiger partial charge >= 0.3 is 0 Å². The van der Waals surface area contributed by atoms with Crippen LogP contribution >= 0.6 is 11.6 Å². The number of aromatic amines is 1. The molecule has 188 valence electrons. The number of aromatic nitrogens is 2. The third kappa shape index (κ3) is 6.15. The lowest BCUT2D eigenvalue weighted by Gasteiger charge is -2.28. The second-order valence-corrected chi connectivity index (χ2v) is 9.13. The molecule has 1 aromatic carbocycles. The number of rotatable bonds is 7. The molecule has 1 aliphatic heterocycles. The highest BCUT2D eigenvalue weighted by molar-refractivity contribution is 6.33. The number of amides is 3. The van der Waals surface area contributed by atoms with Gasteiger partial charge in [-0.3, -0.25) is 14.4 Å². The number of ether oxygens (including phenoxy) is 1. The van der Waals surface area contributed by atoms with Gasteiger partial charge in [0.05, 0.1) is 23.1 Å². The Hall–Kier alpha value is -3.05. The maximum absolute atomic E-state index is 14.0. The predicted octanol–water partition coefficient (Wildman–Crippen LogP) is 3.18. The van der Waals surface area contributed by atoms with E-state index in [1.807, 2.05) is 0 Å². The fourth-order valence-corrected chi connectivity index (χ4v) is 4.62. The molecule has 1 aliphatic carbocycles. The second kappa shape index (κ2) is 11.1. The van der Waals surface area contributed by atoms with Crippen LogP contribution in [0.15, 0.2) is 18.5 Å². The number of carbonyl (C=O) groups excluding carboxylic acids is 3. The molecule has 1 saturated carbocycles. The van der Waals surface area contributed by atoms with E-state index in [-0.39, 0.29) is 34.2 Å². The zero-order chi connectivity index (χ0) is 24.9. The highest BCUT2D eigenvalue weighted by Gasteiger charge is 2.30. The van der Waals surface area contributed by atoms with Crippen LogP contribution in [0, 0.1) is 17.6 Å². The third-order valence-electron chi connectivity index (χ3n) is 6.28. The van der Waals surface area contributed by atoms with Crippen LogP contribution in [0.25, 0.3) is 0 Å². The van der Waals surface area contributed by atoms with Gasteiger partial charge in [-0.2, -0.15) is 0 Å². The topological polar surface area (TPSA) is 125 Å². The number of hydrogen-bond donors (Lipinski definition) is 4. The van der Waals surface area contributed by atoms with Gasteiger partial charge in [-0.25, -0.2) is 13.8 Å². The largest absolute Gasteiger partial charge is 0.376 e. The number of H-pyrrole nitrogens is 1. The molecule has 35 heavy (non-hydrogen) atoms. The zero-order valence-corrected chi connectivity index (χ0v) is 19.6. The Balaban J connectivity index is 1.27. The lowest BCUT2D eigenvalue weighted by atomic mass is 9.85. The van der Waals surface area contributed by atoms with Crippen LogP contribution in [0.4, 0.5) is 14.5 Å². The van der Waals surface area contributed by atoms with E-state index in [0.717, 1.165) is 18.9 Å². The summed E-state index contributed by atoms with van der Waals surface area (Å²) in [5.74, 6) is -3.52. The Labute approximate surface area is 205 Å². The molecule has 4 N–H and O–H groups in total. The van der Waals surface area contributed by atoms with Gasteiger partial charge in [0.1, 0.15) is 11.5 Å². The highest BCUT2D eigenvalue weighted by Crippen LogP contribution is 2.30. The number of anilines is 1. The predicted molar refractivity (Wildman–Crippen MR) is 123 cm³/mol. The summed E-state index contributed by atoms with van der Waals surface area (Å²) in [4.78, 5) is 44.5. The fraction of sp³-hybridized carbons (Fsp3) is 0.478. The van der Waals surface area contributed by atoms with Crippen molar-refractivity contribution in [2.45, 2.75) is 50.7 Å².